The van der Waals surface area contributed by atoms with Crippen molar-refractivity contribution in [3.05, 3.63) is 146 Å². The molecule has 0 aromatic rings. The van der Waals surface area contributed by atoms with Crippen LogP contribution in [0.15, 0.2) is 146 Å². The third-order valence-electron chi connectivity index (χ3n) is 17.8. The molecule has 0 saturated heterocycles. The predicted molar refractivity (Wildman–Crippen MR) is 454 cm³/mol. The number of aliphatic hydroxyl groups excluding tert-OH is 1. The molecule has 17 nitrogen and oxygen atoms in total. The summed E-state index contributed by atoms with van der Waals surface area (Å²) >= 11 is 0. The number of allylic oxidation sites excluding steroid dienone is 24. The normalized spacial score (nSPS) is 14.5. The summed E-state index contributed by atoms with van der Waals surface area (Å²) < 4.78 is 68.8. The number of hydrogen-bond donors (Lipinski definition) is 3. The molecular formula is C91H154O17P2. The number of aliphatic hydroxyl groups is 1. The molecule has 0 fully saturated rings. The number of ether oxygens (including phenoxy) is 4. The van der Waals surface area contributed by atoms with Gasteiger partial charge in [-0.2, -0.15) is 0 Å². The van der Waals surface area contributed by atoms with E-state index in [1.165, 1.54) is 57.8 Å². The highest BCUT2D eigenvalue weighted by molar-refractivity contribution is 7.47. The maximum atomic E-state index is 13.1. The summed E-state index contributed by atoms with van der Waals surface area (Å²) in [6.45, 7) is 4.59. The maximum absolute atomic E-state index is 13.1. The molecule has 0 rings (SSSR count). The molecule has 630 valence electrons. The molecule has 110 heavy (non-hydrogen) atoms. The Morgan fingerprint density at radius 3 is 0.764 bits per heavy atom. The van der Waals surface area contributed by atoms with E-state index in [0.29, 0.717) is 25.7 Å². The van der Waals surface area contributed by atoms with Crippen LogP contribution in [0.25, 0.3) is 0 Å². The van der Waals surface area contributed by atoms with Gasteiger partial charge in [-0.15, -0.1) is 0 Å². The molecule has 0 aliphatic rings. The molecule has 5 atom stereocenters. The molecule has 0 aromatic carbocycles. The fourth-order valence-corrected chi connectivity index (χ4v) is 12.8. The van der Waals surface area contributed by atoms with Crippen LogP contribution in [0.1, 0.15) is 349 Å². The van der Waals surface area contributed by atoms with E-state index in [1.54, 1.807) is 0 Å². The van der Waals surface area contributed by atoms with Crippen LogP contribution in [0.3, 0.4) is 0 Å². The molecule has 0 spiro atoms. The first-order valence-corrected chi connectivity index (χ1v) is 46.1. The van der Waals surface area contributed by atoms with E-state index >= 15 is 0 Å². The van der Waals surface area contributed by atoms with Crippen molar-refractivity contribution in [2.75, 3.05) is 39.6 Å². The quantitative estimate of drug-likeness (QED) is 0.0169. The van der Waals surface area contributed by atoms with Crippen LogP contribution in [0.4, 0.5) is 0 Å². The molecule has 0 aromatic heterocycles. The topological polar surface area (TPSA) is 237 Å². The van der Waals surface area contributed by atoms with Crippen LogP contribution in [0, 0.1) is 0 Å². The summed E-state index contributed by atoms with van der Waals surface area (Å²) in [4.78, 5) is 73.3. The van der Waals surface area contributed by atoms with Crippen molar-refractivity contribution in [2.24, 2.45) is 0 Å². The Morgan fingerprint density at radius 1 is 0.264 bits per heavy atom. The van der Waals surface area contributed by atoms with E-state index in [9.17, 15) is 43.2 Å². The van der Waals surface area contributed by atoms with Crippen LogP contribution >= 0.6 is 15.6 Å². The number of carbonyl (C=O) groups is 4. The largest absolute Gasteiger partial charge is 0.472 e. The van der Waals surface area contributed by atoms with Gasteiger partial charge in [0.05, 0.1) is 26.4 Å². The van der Waals surface area contributed by atoms with E-state index in [1.807, 2.05) is 0 Å². The summed E-state index contributed by atoms with van der Waals surface area (Å²) in [5.41, 5.74) is 0. The lowest BCUT2D eigenvalue weighted by Crippen LogP contribution is -2.30. The van der Waals surface area contributed by atoms with Crippen molar-refractivity contribution in [3.63, 3.8) is 0 Å². The van der Waals surface area contributed by atoms with E-state index in [-0.39, 0.29) is 25.7 Å². The zero-order chi connectivity index (χ0) is 80.3. The van der Waals surface area contributed by atoms with E-state index in [0.717, 1.165) is 212 Å². The van der Waals surface area contributed by atoms with Gasteiger partial charge >= 0.3 is 39.5 Å². The minimum atomic E-state index is -5.00. The number of unbranched alkanes of at least 4 members (excludes halogenated alkanes) is 30. The predicted octanol–water partition coefficient (Wildman–Crippen LogP) is 25.8. The van der Waals surface area contributed by atoms with Gasteiger partial charge in [-0.05, 0) is 167 Å². The van der Waals surface area contributed by atoms with Gasteiger partial charge in [0.2, 0.25) is 0 Å². The number of esters is 4. The van der Waals surface area contributed by atoms with Gasteiger partial charge in [-0.1, -0.05) is 302 Å². The molecule has 0 aliphatic heterocycles. The lowest BCUT2D eigenvalue weighted by Gasteiger charge is -2.21. The molecule has 19 heteroatoms. The molecule has 5 unspecified atom stereocenters. The van der Waals surface area contributed by atoms with Crippen molar-refractivity contribution < 1.29 is 80.2 Å². The van der Waals surface area contributed by atoms with Crippen LogP contribution in [-0.4, -0.2) is 96.7 Å². The highest BCUT2D eigenvalue weighted by Gasteiger charge is 2.30. The number of rotatable bonds is 80. The summed E-state index contributed by atoms with van der Waals surface area (Å²) in [5, 5.41) is 10.7. The van der Waals surface area contributed by atoms with E-state index in [4.69, 9.17) is 37.0 Å². The highest BCUT2D eigenvalue weighted by Crippen LogP contribution is 2.45. The number of carbonyl (C=O) groups excluding carboxylic acids is 4. The lowest BCUT2D eigenvalue weighted by molar-refractivity contribution is -0.161. The fourth-order valence-electron chi connectivity index (χ4n) is 11.3. The second kappa shape index (κ2) is 81.9. The molecule has 0 heterocycles. The van der Waals surface area contributed by atoms with Crippen LogP contribution in [-0.2, 0) is 65.4 Å². The third-order valence-corrected chi connectivity index (χ3v) is 19.7. The van der Waals surface area contributed by atoms with Gasteiger partial charge in [0.1, 0.15) is 19.3 Å². The first-order chi connectivity index (χ1) is 53.7. The lowest BCUT2D eigenvalue weighted by atomic mass is 10.1. The van der Waals surface area contributed by atoms with Crippen molar-refractivity contribution in [3.8, 4) is 0 Å². The molecule has 3 N–H and O–H groups in total. The Morgan fingerprint density at radius 2 is 0.473 bits per heavy atom. The highest BCUT2D eigenvalue weighted by atomic mass is 31.2. The van der Waals surface area contributed by atoms with E-state index in [2.05, 4.69) is 174 Å². The minimum Gasteiger partial charge on any atom is -0.462 e. The Hall–Kier alpha value is -5.06. The molecule has 0 saturated carbocycles. The van der Waals surface area contributed by atoms with Crippen LogP contribution in [0.5, 0.6) is 0 Å². The Bertz CT molecular complexity index is 2650. The molecular weight excluding hydrogens is 1430 g/mol. The molecule has 0 amide bonds. The summed E-state index contributed by atoms with van der Waals surface area (Å²) in [6, 6.07) is 0. The average molecular weight is 1580 g/mol. The average Bonchev–Trinajstić information content (AvgIpc) is 0.899. The van der Waals surface area contributed by atoms with Crippen LogP contribution in [0.2, 0.25) is 0 Å². The fraction of sp³-hybridized carbons (Fsp3) is 0.692. The van der Waals surface area contributed by atoms with Gasteiger partial charge < -0.3 is 33.8 Å². The summed E-state index contributed by atoms with van der Waals surface area (Å²) in [5.74, 6) is -2.24. The standard InChI is InChI=1S/C91H154O17P2/c1-5-9-13-17-21-25-29-33-37-40-42-45-48-51-55-59-63-67-71-75-88(93)101-81-86(107-90(95)77-73-69-65-61-57-53-47-36-32-28-24-20-16-12-8-4)83-105-109(97,98)103-79-85(92)80-104-110(99,100)106-84-87(108-91(96)78-74-70-66-62-58-54-50-44-39-35-31-27-23-19-15-11-7-3)82-102-89(94)76-72-68-64-60-56-52-49-46-43-41-38-34-30-26-22-18-14-10-6-2/h9,11,13,15,21-23,25-27,33-39,42-43,45-47,51,55,85-87,92H,5-8,10,12,14,16-20,24,28-32,40-41,44,48-50,52-54,56-84H2,1-4H3,(H,97,98)(H,99,100)/b13-9-,15-11-,25-21-,26-22-,27-23-,37-33-,38-34-,39-35-,45-42-,46-43-,47-36-,55-51-. The number of hydrogen-bond acceptors (Lipinski definition) is 15. The van der Waals surface area contributed by atoms with Crippen LogP contribution < -0.4 is 0 Å². The number of phosphoric acid groups is 2. The van der Waals surface area contributed by atoms with Crippen molar-refractivity contribution in [1.29, 1.82) is 0 Å². The Kier molecular flexibility index (Phi) is 78.2. The Balaban J connectivity index is 5.43. The zero-order valence-corrected chi connectivity index (χ0v) is 70.9. The first kappa shape index (κ1) is 105. The molecule has 0 bridgehead atoms. The summed E-state index contributed by atoms with van der Waals surface area (Å²) in [7, 11) is -9.99. The smallest absolute Gasteiger partial charge is 0.462 e. The maximum Gasteiger partial charge on any atom is 0.472 e. The molecule has 0 radical (unpaired) electrons. The van der Waals surface area contributed by atoms with Gasteiger partial charge in [0.15, 0.2) is 12.2 Å². The first-order valence-electron chi connectivity index (χ1n) is 43.1. The van der Waals surface area contributed by atoms with Crippen molar-refractivity contribution in [1.82, 2.24) is 0 Å². The number of phosphoric ester groups is 2. The Labute approximate surface area is 668 Å². The second-order valence-electron chi connectivity index (χ2n) is 28.4. The van der Waals surface area contributed by atoms with E-state index < -0.39 is 97.5 Å². The summed E-state index contributed by atoms with van der Waals surface area (Å²) in [6.07, 6.45) is 95.1. The minimum absolute atomic E-state index is 0.0742. The van der Waals surface area contributed by atoms with Gasteiger partial charge in [0.25, 0.3) is 0 Å². The van der Waals surface area contributed by atoms with Gasteiger partial charge in [-0.3, -0.25) is 37.3 Å². The van der Waals surface area contributed by atoms with Crippen molar-refractivity contribution in [2.45, 2.75) is 367 Å². The molecule has 0 aliphatic carbocycles. The zero-order valence-electron chi connectivity index (χ0n) is 69.1. The monoisotopic (exact) mass is 1580 g/mol. The van der Waals surface area contributed by atoms with Crippen molar-refractivity contribution >= 4 is 39.5 Å². The van der Waals surface area contributed by atoms with Gasteiger partial charge in [-0.25, -0.2) is 9.13 Å². The third kappa shape index (κ3) is 81.0. The second-order valence-corrected chi connectivity index (χ2v) is 31.3. The SMILES string of the molecule is CC/C=C\C/C=C\C/C=C\C/C=C\C/C=C\CCCCCC(=O)OCC(COP(=O)(O)OCC(O)COP(=O)(O)OCC(COC(=O)CCCCCCCC/C=C\C/C=C\C/C=C\CCCCC)OC(=O)CCCCCCCCC/C=C\C/C=C\C/C=C\CC)OC(=O)CCCCCCC/C=C\CCCCCCCC. The van der Waals surface area contributed by atoms with Gasteiger partial charge in [0, 0.05) is 25.7 Å².